The van der Waals surface area contributed by atoms with Crippen LogP contribution in [0, 0.1) is 19.8 Å². The second kappa shape index (κ2) is 8.09. The minimum Gasteiger partial charge on any atom is -0.300 e. The topological polar surface area (TPSA) is 17.1 Å². The van der Waals surface area contributed by atoms with Crippen LogP contribution < -0.4 is 0 Å². The van der Waals surface area contributed by atoms with E-state index in [2.05, 4.69) is 52.0 Å². The molecule has 0 saturated heterocycles. The summed E-state index contributed by atoms with van der Waals surface area (Å²) in [4.78, 5) is 10.4. The number of ketones is 1. The molecule has 16 heavy (non-hydrogen) atoms. The molecule has 0 N–H and O–H groups in total. The van der Waals surface area contributed by atoms with Crippen LogP contribution in [0.4, 0.5) is 0 Å². The van der Waals surface area contributed by atoms with Gasteiger partial charge < -0.3 is 4.79 Å². The van der Waals surface area contributed by atoms with Gasteiger partial charge in [0.1, 0.15) is 5.78 Å². The fraction of sp³-hybridized carbons (Fsp3) is 0.533. The molecule has 0 bridgehead atoms. The monoisotopic (exact) mass is 220 g/mol. The fourth-order valence-corrected chi connectivity index (χ4v) is 1.27. The number of hydrogen-bond donors (Lipinski definition) is 0. The molecular weight excluding hydrogens is 196 g/mol. The van der Waals surface area contributed by atoms with E-state index in [0.29, 0.717) is 11.7 Å². The second-order valence-electron chi connectivity index (χ2n) is 4.57. The summed E-state index contributed by atoms with van der Waals surface area (Å²) in [5.41, 5.74) is 2.66. The lowest BCUT2D eigenvalue weighted by atomic mass is 10.0. The van der Waals surface area contributed by atoms with Crippen molar-refractivity contribution in [3.05, 3.63) is 35.4 Å². The average Bonchev–Trinajstić information content (AvgIpc) is 2.22. The van der Waals surface area contributed by atoms with Crippen molar-refractivity contribution < 1.29 is 4.79 Å². The van der Waals surface area contributed by atoms with Gasteiger partial charge in [0.25, 0.3) is 0 Å². The molecule has 1 nitrogen and oxygen atoms in total. The van der Waals surface area contributed by atoms with Crippen molar-refractivity contribution in [2.24, 2.45) is 5.92 Å². The Balaban J connectivity index is 0.000000281. The molecule has 1 unspecified atom stereocenters. The highest BCUT2D eigenvalue weighted by Crippen LogP contribution is 2.05. The van der Waals surface area contributed by atoms with Gasteiger partial charge in [-0.05, 0) is 26.7 Å². The highest BCUT2D eigenvalue weighted by Gasteiger charge is 2.00. The van der Waals surface area contributed by atoms with E-state index in [-0.39, 0.29) is 0 Å². The quantitative estimate of drug-likeness (QED) is 0.741. The number of benzene rings is 1. The molecule has 0 aromatic heterocycles. The normalized spacial score (nSPS) is 11.3. The Bertz CT molecular complexity index is 277. The van der Waals surface area contributed by atoms with E-state index in [0.717, 1.165) is 12.8 Å². The zero-order valence-corrected chi connectivity index (χ0v) is 11.2. The lowest BCUT2D eigenvalue weighted by Gasteiger charge is -2.01. The Morgan fingerprint density at radius 2 is 1.50 bits per heavy atom. The molecule has 0 aliphatic carbocycles. The minimum atomic E-state index is 0.305. The third kappa shape index (κ3) is 8.22. The van der Waals surface area contributed by atoms with E-state index in [1.165, 1.54) is 11.1 Å². The minimum absolute atomic E-state index is 0.305. The van der Waals surface area contributed by atoms with Crippen molar-refractivity contribution in [2.75, 3.05) is 0 Å². The molecule has 1 atom stereocenters. The van der Waals surface area contributed by atoms with Crippen LogP contribution >= 0.6 is 0 Å². The molecule has 0 heterocycles. The predicted molar refractivity (Wildman–Crippen MR) is 70.7 cm³/mol. The Kier molecular flexibility index (Phi) is 7.53. The van der Waals surface area contributed by atoms with E-state index in [9.17, 15) is 4.79 Å². The molecule has 0 amide bonds. The van der Waals surface area contributed by atoms with Gasteiger partial charge in [0.05, 0.1) is 0 Å². The van der Waals surface area contributed by atoms with Gasteiger partial charge in [0.15, 0.2) is 0 Å². The van der Waals surface area contributed by atoms with E-state index < -0.39 is 0 Å². The molecule has 1 heteroatoms. The standard InChI is InChI=1S/C8H10.C7H14O/c1-7-3-5-8(2)6-4-7;1-4-6(2)5-7(3)8/h3-6H,1-2H3;6H,4-5H2,1-3H3. The molecule has 0 saturated carbocycles. The first kappa shape index (κ1) is 14.9. The Hall–Kier alpha value is -1.11. The van der Waals surface area contributed by atoms with Gasteiger partial charge in [-0.1, -0.05) is 55.7 Å². The lowest BCUT2D eigenvalue weighted by molar-refractivity contribution is -0.117. The fourth-order valence-electron chi connectivity index (χ4n) is 1.27. The predicted octanol–water partition coefficient (Wildman–Crippen LogP) is 4.32. The molecule has 0 radical (unpaired) electrons. The summed E-state index contributed by atoms with van der Waals surface area (Å²) in [5, 5.41) is 0. The van der Waals surface area contributed by atoms with Crippen LogP contribution in [0.25, 0.3) is 0 Å². The summed E-state index contributed by atoms with van der Waals surface area (Å²) in [6, 6.07) is 8.48. The molecule has 0 fully saturated rings. The average molecular weight is 220 g/mol. The number of Topliss-reactive ketones (excluding diaryl/α,β-unsaturated/α-hetero) is 1. The molecule has 1 rings (SSSR count). The zero-order valence-electron chi connectivity index (χ0n) is 11.2. The number of carbonyl (C=O) groups is 1. The summed E-state index contributed by atoms with van der Waals surface area (Å²) < 4.78 is 0. The van der Waals surface area contributed by atoms with Crippen molar-refractivity contribution in [2.45, 2.75) is 47.5 Å². The van der Waals surface area contributed by atoms with Crippen LogP contribution in [0.15, 0.2) is 24.3 Å². The molecule has 1 aromatic carbocycles. The Morgan fingerprint density at radius 1 is 1.12 bits per heavy atom. The highest BCUT2D eigenvalue weighted by atomic mass is 16.1. The molecule has 90 valence electrons. The number of rotatable bonds is 3. The summed E-state index contributed by atoms with van der Waals surface area (Å²) in [5.74, 6) is 0.881. The lowest BCUT2D eigenvalue weighted by Crippen LogP contribution is -1.98. The maximum absolute atomic E-state index is 10.4. The van der Waals surface area contributed by atoms with Crippen LogP contribution in [0.2, 0.25) is 0 Å². The van der Waals surface area contributed by atoms with E-state index in [1.54, 1.807) is 6.92 Å². The Morgan fingerprint density at radius 3 is 1.69 bits per heavy atom. The number of aryl methyl sites for hydroxylation is 2. The van der Waals surface area contributed by atoms with Crippen molar-refractivity contribution in [3.63, 3.8) is 0 Å². The number of hydrogen-bond acceptors (Lipinski definition) is 1. The second-order valence-corrected chi connectivity index (χ2v) is 4.57. The molecule has 0 spiro atoms. The van der Waals surface area contributed by atoms with E-state index >= 15 is 0 Å². The highest BCUT2D eigenvalue weighted by molar-refractivity contribution is 5.75. The first-order valence-electron chi connectivity index (χ1n) is 5.98. The Labute approximate surface area is 99.9 Å². The van der Waals surface area contributed by atoms with Crippen molar-refractivity contribution in [1.29, 1.82) is 0 Å². The van der Waals surface area contributed by atoms with Crippen LogP contribution in [0.3, 0.4) is 0 Å². The zero-order chi connectivity index (χ0) is 12.6. The smallest absolute Gasteiger partial charge is 0.130 e. The van der Waals surface area contributed by atoms with Crippen LogP contribution in [0.5, 0.6) is 0 Å². The van der Waals surface area contributed by atoms with Gasteiger partial charge in [-0.3, -0.25) is 0 Å². The van der Waals surface area contributed by atoms with Gasteiger partial charge in [0.2, 0.25) is 0 Å². The summed E-state index contributed by atoms with van der Waals surface area (Å²) in [7, 11) is 0. The van der Waals surface area contributed by atoms with Gasteiger partial charge >= 0.3 is 0 Å². The van der Waals surface area contributed by atoms with Gasteiger partial charge in [0, 0.05) is 6.42 Å². The van der Waals surface area contributed by atoms with Gasteiger partial charge in [-0.2, -0.15) is 0 Å². The third-order valence-electron chi connectivity index (χ3n) is 2.55. The molecule has 0 aliphatic rings. The van der Waals surface area contributed by atoms with Crippen molar-refractivity contribution in [3.8, 4) is 0 Å². The van der Waals surface area contributed by atoms with Gasteiger partial charge in [-0.15, -0.1) is 0 Å². The summed E-state index contributed by atoms with van der Waals surface area (Å²) in [6.45, 7) is 10.0. The molecule has 1 aromatic rings. The summed E-state index contributed by atoms with van der Waals surface area (Å²) in [6.07, 6.45) is 1.86. The van der Waals surface area contributed by atoms with Crippen molar-refractivity contribution >= 4 is 5.78 Å². The first-order chi connectivity index (χ1) is 7.45. The largest absolute Gasteiger partial charge is 0.300 e. The SMILES string of the molecule is CCC(C)CC(C)=O.Cc1ccc(C)cc1. The molecular formula is C15H24O. The van der Waals surface area contributed by atoms with E-state index in [1.807, 2.05) is 0 Å². The van der Waals surface area contributed by atoms with Gasteiger partial charge in [-0.25, -0.2) is 0 Å². The third-order valence-corrected chi connectivity index (χ3v) is 2.55. The summed E-state index contributed by atoms with van der Waals surface area (Å²) >= 11 is 0. The maximum atomic E-state index is 10.4. The van der Waals surface area contributed by atoms with E-state index in [4.69, 9.17) is 0 Å². The maximum Gasteiger partial charge on any atom is 0.130 e. The van der Waals surface area contributed by atoms with Crippen molar-refractivity contribution in [1.82, 2.24) is 0 Å². The number of carbonyl (C=O) groups excluding carboxylic acids is 1. The molecule has 0 aliphatic heterocycles. The van der Waals surface area contributed by atoms with Crippen LogP contribution in [-0.4, -0.2) is 5.78 Å². The van der Waals surface area contributed by atoms with Crippen LogP contribution in [0.1, 0.15) is 44.7 Å². The first-order valence-corrected chi connectivity index (χ1v) is 5.98. The van der Waals surface area contributed by atoms with Crippen LogP contribution in [-0.2, 0) is 4.79 Å².